The van der Waals surface area contributed by atoms with Crippen molar-refractivity contribution in [2.75, 3.05) is 6.54 Å². The van der Waals surface area contributed by atoms with E-state index in [9.17, 15) is 18.3 Å². The maximum absolute atomic E-state index is 12.7. The van der Waals surface area contributed by atoms with Crippen molar-refractivity contribution >= 4 is 24.8 Å². The summed E-state index contributed by atoms with van der Waals surface area (Å²) in [7, 11) is 0. The standard InChI is InChI=1S/C9H13F3N4O.2ClH/c1-5-3-13-4-6-14-15-7(16(5)6)8(2,17)9(10,11)12;;/h5,13,17H,3-4H2,1-2H3;2*1H/t5-,8?;;/m0../s1. The van der Waals surface area contributed by atoms with Gasteiger partial charge in [-0.3, -0.25) is 0 Å². The molecule has 0 spiro atoms. The summed E-state index contributed by atoms with van der Waals surface area (Å²) in [4.78, 5) is 0. The van der Waals surface area contributed by atoms with Crippen molar-refractivity contribution < 1.29 is 18.3 Å². The average Bonchev–Trinajstić information content (AvgIpc) is 2.61. The minimum absolute atomic E-state index is 0. The Labute approximate surface area is 120 Å². The number of nitrogens with one attached hydrogen (secondary N) is 1. The van der Waals surface area contributed by atoms with Crippen LogP contribution in [-0.4, -0.2) is 32.6 Å². The van der Waals surface area contributed by atoms with Crippen LogP contribution in [0.15, 0.2) is 0 Å². The molecular weight excluding hydrogens is 308 g/mol. The summed E-state index contributed by atoms with van der Waals surface area (Å²) in [6.45, 7) is 3.31. The fourth-order valence-corrected chi connectivity index (χ4v) is 1.85. The Morgan fingerprint density at radius 3 is 2.42 bits per heavy atom. The van der Waals surface area contributed by atoms with E-state index in [4.69, 9.17) is 0 Å². The second kappa shape index (κ2) is 5.82. The van der Waals surface area contributed by atoms with Crippen LogP contribution >= 0.6 is 24.8 Å². The van der Waals surface area contributed by atoms with Crippen LogP contribution in [0.25, 0.3) is 0 Å². The first kappa shape index (κ1) is 18.4. The quantitative estimate of drug-likeness (QED) is 0.823. The monoisotopic (exact) mass is 322 g/mol. The van der Waals surface area contributed by atoms with Crippen molar-refractivity contribution in [1.29, 1.82) is 0 Å². The molecule has 112 valence electrons. The van der Waals surface area contributed by atoms with E-state index >= 15 is 0 Å². The number of fused-ring (bicyclic) bond motifs is 1. The minimum atomic E-state index is -4.78. The van der Waals surface area contributed by atoms with Crippen molar-refractivity contribution in [1.82, 2.24) is 20.1 Å². The minimum Gasteiger partial charge on any atom is -0.374 e. The van der Waals surface area contributed by atoms with Gasteiger partial charge in [-0.25, -0.2) is 0 Å². The molecule has 1 aromatic rings. The Morgan fingerprint density at radius 2 is 1.89 bits per heavy atom. The summed E-state index contributed by atoms with van der Waals surface area (Å²) in [5.74, 6) is -0.0442. The molecule has 0 saturated carbocycles. The molecule has 1 aliphatic heterocycles. The SMILES string of the molecule is C[C@H]1CNCc2nnc(C(C)(O)C(F)(F)F)n21.Cl.Cl. The van der Waals surface area contributed by atoms with Gasteiger partial charge in [0.2, 0.25) is 5.60 Å². The predicted molar refractivity (Wildman–Crippen MR) is 66.6 cm³/mol. The highest BCUT2D eigenvalue weighted by Gasteiger charge is 2.55. The normalized spacial score (nSPS) is 21.7. The van der Waals surface area contributed by atoms with E-state index in [0.717, 1.165) is 0 Å². The van der Waals surface area contributed by atoms with Gasteiger partial charge in [0, 0.05) is 12.6 Å². The number of alkyl halides is 3. The van der Waals surface area contributed by atoms with Crippen LogP contribution in [0, 0.1) is 0 Å². The van der Waals surface area contributed by atoms with Gasteiger partial charge >= 0.3 is 6.18 Å². The van der Waals surface area contributed by atoms with Crippen LogP contribution in [0.4, 0.5) is 13.2 Å². The molecule has 1 aromatic heterocycles. The molecule has 19 heavy (non-hydrogen) atoms. The summed E-state index contributed by atoms with van der Waals surface area (Å²) in [5.41, 5.74) is -2.98. The Bertz CT molecular complexity index is 436. The van der Waals surface area contributed by atoms with Gasteiger partial charge in [-0.15, -0.1) is 35.0 Å². The van der Waals surface area contributed by atoms with E-state index in [-0.39, 0.29) is 30.9 Å². The summed E-state index contributed by atoms with van der Waals surface area (Å²) in [6.07, 6.45) is -4.78. The van der Waals surface area contributed by atoms with Gasteiger partial charge in [0.1, 0.15) is 5.82 Å². The van der Waals surface area contributed by atoms with Gasteiger partial charge in [-0.2, -0.15) is 13.2 Å². The second-order valence-electron chi connectivity index (χ2n) is 4.36. The van der Waals surface area contributed by atoms with Gasteiger partial charge in [0.15, 0.2) is 5.82 Å². The number of nitrogens with zero attached hydrogens (tertiary/aromatic N) is 3. The number of aromatic nitrogens is 3. The largest absolute Gasteiger partial charge is 0.424 e. The maximum atomic E-state index is 12.7. The molecule has 0 bridgehead atoms. The molecule has 0 aliphatic carbocycles. The smallest absolute Gasteiger partial charge is 0.374 e. The fourth-order valence-electron chi connectivity index (χ4n) is 1.85. The van der Waals surface area contributed by atoms with Crippen molar-refractivity contribution in [3.8, 4) is 0 Å². The van der Waals surface area contributed by atoms with Gasteiger partial charge in [0.25, 0.3) is 0 Å². The molecule has 0 radical (unpaired) electrons. The van der Waals surface area contributed by atoms with Crippen LogP contribution in [0.5, 0.6) is 0 Å². The zero-order chi connectivity index (χ0) is 12.8. The van der Waals surface area contributed by atoms with Crippen LogP contribution in [0.3, 0.4) is 0 Å². The van der Waals surface area contributed by atoms with Gasteiger partial charge in [-0.1, -0.05) is 0 Å². The molecule has 2 heterocycles. The second-order valence-corrected chi connectivity index (χ2v) is 4.36. The van der Waals surface area contributed by atoms with Gasteiger partial charge in [-0.05, 0) is 13.8 Å². The molecule has 1 aliphatic rings. The first-order valence-electron chi connectivity index (χ1n) is 5.19. The van der Waals surface area contributed by atoms with Crippen molar-refractivity contribution in [3.05, 3.63) is 11.6 Å². The Hall–Kier alpha value is -0.570. The Kier molecular flexibility index (Phi) is 5.65. The number of rotatable bonds is 1. The Morgan fingerprint density at radius 1 is 1.32 bits per heavy atom. The van der Waals surface area contributed by atoms with Gasteiger partial charge < -0.3 is 15.0 Å². The summed E-state index contributed by atoms with van der Waals surface area (Å²) in [5, 5.41) is 19.8. The topological polar surface area (TPSA) is 63.0 Å². The predicted octanol–water partition coefficient (Wildman–Crippen LogP) is 1.56. The van der Waals surface area contributed by atoms with E-state index in [2.05, 4.69) is 15.5 Å². The molecule has 10 heteroatoms. The molecule has 0 fully saturated rings. The van der Waals surface area contributed by atoms with Crippen LogP contribution in [0.1, 0.15) is 31.5 Å². The summed E-state index contributed by atoms with van der Waals surface area (Å²) >= 11 is 0. The van der Waals surface area contributed by atoms with Crippen molar-refractivity contribution in [3.63, 3.8) is 0 Å². The van der Waals surface area contributed by atoms with E-state index < -0.39 is 17.6 Å². The summed E-state index contributed by atoms with van der Waals surface area (Å²) in [6, 6.07) is -0.224. The van der Waals surface area contributed by atoms with Gasteiger partial charge in [0.05, 0.1) is 6.54 Å². The van der Waals surface area contributed by atoms with Crippen molar-refractivity contribution in [2.45, 2.75) is 38.2 Å². The molecule has 0 aromatic carbocycles. The molecule has 2 atom stereocenters. The molecule has 0 amide bonds. The van der Waals surface area contributed by atoms with E-state index in [1.807, 2.05) is 0 Å². The molecule has 1 unspecified atom stereocenters. The van der Waals surface area contributed by atoms with E-state index in [1.165, 1.54) is 4.57 Å². The molecule has 5 nitrogen and oxygen atoms in total. The van der Waals surface area contributed by atoms with Crippen LogP contribution in [0.2, 0.25) is 0 Å². The average molecular weight is 323 g/mol. The number of hydrogen-bond acceptors (Lipinski definition) is 4. The highest BCUT2D eigenvalue weighted by Crippen LogP contribution is 2.38. The third-order valence-electron chi connectivity index (χ3n) is 2.92. The van der Waals surface area contributed by atoms with Crippen LogP contribution in [-0.2, 0) is 12.1 Å². The zero-order valence-corrected chi connectivity index (χ0v) is 11.9. The zero-order valence-electron chi connectivity index (χ0n) is 10.2. The number of halogens is 5. The lowest BCUT2D eigenvalue weighted by Crippen LogP contribution is -2.44. The molecule has 0 saturated heterocycles. The first-order chi connectivity index (χ1) is 7.75. The van der Waals surface area contributed by atoms with E-state index in [0.29, 0.717) is 25.8 Å². The third-order valence-corrected chi connectivity index (χ3v) is 2.92. The number of hydrogen-bond donors (Lipinski definition) is 2. The van der Waals surface area contributed by atoms with Crippen LogP contribution < -0.4 is 5.32 Å². The Balaban J connectivity index is 0.00000162. The lowest BCUT2D eigenvalue weighted by Gasteiger charge is -2.30. The molecule has 2 rings (SSSR count). The summed E-state index contributed by atoms with van der Waals surface area (Å²) < 4.78 is 39.6. The molecule has 2 N–H and O–H groups in total. The lowest BCUT2D eigenvalue weighted by molar-refractivity contribution is -0.263. The molecular formula is C9H15Cl2F3N4O. The first-order valence-corrected chi connectivity index (χ1v) is 5.19. The van der Waals surface area contributed by atoms with E-state index in [1.54, 1.807) is 6.92 Å². The highest BCUT2D eigenvalue weighted by atomic mass is 35.5. The van der Waals surface area contributed by atoms with Crippen molar-refractivity contribution in [2.24, 2.45) is 0 Å². The fraction of sp³-hybridized carbons (Fsp3) is 0.778. The highest BCUT2D eigenvalue weighted by molar-refractivity contribution is 5.85. The lowest BCUT2D eigenvalue weighted by atomic mass is 10.0. The maximum Gasteiger partial charge on any atom is 0.424 e. The number of aliphatic hydroxyl groups is 1. The third kappa shape index (κ3) is 2.96.